The molecule has 0 fully saturated rings. The fraction of sp³-hybridized carbons (Fsp3) is 0.211. The highest BCUT2D eigenvalue weighted by Crippen LogP contribution is 2.34. The summed E-state index contributed by atoms with van der Waals surface area (Å²) < 4.78 is 10.7. The van der Waals surface area contributed by atoms with E-state index < -0.39 is 0 Å². The molecule has 1 aliphatic heterocycles. The normalized spacial score (nSPS) is 14.7. The zero-order valence-electron chi connectivity index (χ0n) is 13.6. The van der Waals surface area contributed by atoms with Crippen molar-refractivity contribution in [2.45, 2.75) is 6.42 Å². The van der Waals surface area contributed by atoms with Crippen molar-refractivity contribution in [2.75, 3.05) is 20.8 Å². The van der Waals surface area contributed by atoms with Gasteiger partial charge in [0.25, 0.3) is 0 Å². The van der Waals surface area contributed by atoms with Gasteiger partial charge < -0.3 is 14.8 Å². The summed E-state index contributed by atoms with van der Waals surface area (Å²) in [7, 11) is 3.22. The van der Waals surface area contributed by atoms with Gasteiger partial charge in [-0.05, 0) is 48.4 Å². The van der Waals surface area contributed by atoms with E-state index in [4.69, 9.17) is 21.1 Å². The quantitative estimate of drug-likeness (QED) is 0.679. The standard InChI is InChI=1S/C19H18ClNO3/c1-23-18-9-13-7-8-21-16(15(13)10-19(18)24-2)11-17(22)12-3-5-14(20)6-4-12/h3-6,9-11,21H,7-8H2,1-2H3. The third-order valence-electron chi connectivity index (χ3n) is 4.01. The summed E-state index contributed by atoms with van der Waals surface area (Å²) in [6.07, 6.45) is 2.48. The second kappa shape index (κ2) is 6.97. The lowest BCUT2D eigenvalue weighted by Crippen LogP contribution is -2.23. The Morgan fingerprint density at radius 2 is 1.79 bits per heavy atom. The van der Waals surface area contributed by atoms with E-state index in [9.17, 15) is 4.79 Å². The van der Waals surface area contributed by atoms with Crippen molar-refractivity contribution in [3.05, 3.63) is 64.2 Å². The molecule has 124 valence electrons. The van der Waals surface area contributed by atoms with Crippen molar-refractivity contribution in [2.24, 2.45) is 0 Å². The Morgan fingerprint density at radius 1 is 1.12 bits per heavy atom. The number of allylic oxidation sites excluding steroid dienone is 1. The number of ether oxygens (including phenoxy) is 2. The molecule has 0 aromatic heterocycles. The topological polar surface area (TPSA) is 47.6 Å². The maximum absolute atomic E-state index is 12.5. The van der Waals surface area contributed by atoms with Gasteiger partial charge in [-0.15, -0.1) is 0 Å². The van der Waals surface area contributed by atoms with Crippen molar-refractivity contribution in [3.63, 3.8) is 0 Å². The smallest absolute Gasteiger partial charge is 0.187 e. The second-order valence-corrected chi connectivity index (χ2v) is 5.91. The van der Waals surface area contributed by atoms with Crippen LogP contribution in [0.25, 0.3) is 5.70 Å². The first-order valence-corrected chi connectivity index (χ1v) is 8.01. The van der Waals surface area contributed by atoms with Crippen molar-refractivity contribution in [3.8, 4) is 11.5 Å². The molecule has 1 N–H and O–H groups in total. The molecule has 0 spiro atoms. The first-order chi connectivity index (χ1) is 11.6. The Morgan fingerprint density at radius 3 is 2.46 bits per heavy atom. The second-order valence-electron chi connectivity index (χ2n) is 5.47. The Hall–Kier alpha value is -2.46. The molecule has 2 aromatic rings. The highest BCUT2D eigenvalue weighted by Gasteiger charge is 2.19. The van der Waals surface area contributed by atoms with Crippen molar-refractivity contribution in [1.29, 1.82) is 0 Å². The maximum Gasteiger partial charge on any atom is 0.187 e. The van der Waals surface area contributed by atoms with Crippen LogP contribution in [0, 0.1) is 0 Å². The molecule has 2 aromatic carbocycles. The highest BCUT2D eigenvalue weighted by atomic mass is 35.5. The molecular weight excluding hydrogens is 326 g/mol. The molecule has 0 unspecified atom stereocenters. The number of carbonyl (C=O) groups excluding carboxylic acids is 1. The molecule has 5 heteroatoms. The first kappa shape index (κ1) is 16.4. The zero-order chi connectivity index (χ0) is 17.1. The van der Waals surface area contributed by atoms with Crippen LogP contribution in [-0.2, 0) is 6.42 Å². The number of methoxy groups -OCH3 is 2. The fourth-order valence-corrected chi connectivity index (χ4v) is 2.89. The van der Waals surface area contributed by atoms with Gasteiger partial charge in [0.1, 0.15) is 0 Å². The van der Waals surface area contributed by atoms with E-state index in [0.29, 0.717) is 22.1 Å². The summed E-state index contributed by atoms with van der Waals surface area (Å²) in [5.74, 6) is 1.27. The Bertz CT molecular complexity index is 797. The Labute approximate surface area is 146 Å². The monoisotopic (exact) mass is 343 g/mol. The molecule has 4 nitrogen and oxygen atoms in total. The molecule has 3 rings (SSSR count). The predicted octanol–water partition coefficient (Wildman–Crippen LogP) is 3.73. The summed E-state index contributed by atoms with van der Waals surface area (Å²) in [4.78, 5) is 12.5. The van der Waals surface area contributed by atoms with Gasteiger partial charge in [-0.25, -0.2) is 0 Å². The van der Waals surface area contributed by atoms with Gasteiger partial charge in [0.2, 0.25) is 0 Å². The van der Waals surface area contributed by atoms with Crippen LogP contribution in [0.3, 0.4) is 0 Å². The number of nitrogens with one attached hydrogen (secondary N) is 1. The van der Waals surface area contributed by atoms with E-state index >= 15 is 0 Å². The van der Waals surface area contributed by atoms with Crippen molar-refractivity contribution < 1.29 is 14.3 Å². The van der Waals surface area contributed by atoms with Crippen LogP contribution in [-0.4, -0.2) is 26.5 Å². The molecule has 0 bridgehead atoms. The van der Waals surface area contributed by atoms with Crippen LogP contribution in [0.5, 0.6) is 11.5 Å². The molecular formula is C19H18ClNO3. The van der Waals surface area contributed by atoms with E-state index in [1.54, 1.807) is 44.6 Å². The van der Waals surface area contributed by atoms with Crippen LogP contribution in [0.1, 0.15) is 21.5 Å². The third-order valence-corrected chi connectivity index (χ3v) is 4.27. The van der Waals surface area contributed by atoms with Gasteiger partial charge in [0.05, 0.1) is 14.2 Å². The first-order valence-electron chi connectivity index (χ1n) is 7.63. The molecule has 0 amide bonds. The number of halogens is 1. The van der Waals surface area contributed by atoms with Gasteiger partial charge in [0, 0.05) is 34.5 Å². The minimum Gasteiger partial charge on any atom is -0.493 e. The largest absolute Gasteiger partial charge is 0.493 e. The molecule has 24 heavy (non-hydrogen) atoms. The molecule has 0 saturated carbocycles. The van der Waals surface area contributed by atoms with Crippen LogP contribution in [0.2, 0.25) is 5.02 Å². The average Bonchev–Trinajstić information content (AvgIpc) is 2.61. The molecule has 0 atom stereocenters. The van der Waals surface area contributed by atoms with Gasteiger partial charge in [-0.3, -0.25) is 4.79 Å². The molecule has 0 aliphatic carbocycles. The minimum absolute atomic E-state index is 0.0724. The van der Waals surface area contributed by atoms with E-state index in [1.807, 2.05) is 12.1 Å². The highest BCUT2D eigenvalue weighted by molar-refractivity contribution is 6.30. The van der Waals surface area contributed by atoms with Gasteiger partial charge in [-0.2, -0.15) is 0 Å². The predicted molar refractivity (Wildman–Crippen MR) is 95.0 cm³/mol. The molecule has 1 heterocycles. The fourth-order valence-electron chi connectivity index (χ4n) is 2.76. The molecule has 1 aliphatic rings. The zero-order valence-corrected chi connectivity index (χ0v) is 14.3. The summed E-state index contributed by atoms with van der Waals surface area (Å²) >= 11 is 5.87. The van der Waals surface area contributed by atoms with E-state index in [0.717, 1.165) is 29.8 Å². The number of ketones is 1. The summed E-state index contributed by atoms with van der Waals surface area (Å²) in [5, 5.41) is 3.90. The maximum atomic E-state index is 12.5. The summed E-state index contributed by atoms with van der Waals surface area (Å²) in [5.41, 5.74) is 3.47. The Balaban J connectivity index is 1.99. The lowest BCUT2D eigenvalue weighted by Gasteiger charge is -2.23. The number of rotatable bonds is 4. The van der Waals surface area contributed by atoms with Crippen LogP contribution < -0.4 is 14.8 Å². The van der Waals surface area contributed by atoms with Gasteiger partial charge in [0.15, 0.2) is 17.3 Å². The minimum atomic E-state index is -0.0724. The SMILES string of the molecule is COc1cc2c(cc1OC)C(=CC(=O)c1ccc(Cl)cc1)NCC2. The summed E-state index contributed by atoms with van der Waals surface area (Å²) in [6, 6.07) is 10.7. The number of carbonyl (C=O) groups is 1. The van der Waals surface area contributed by atoms with Crippen molar-refractivity contribution >= 4 is 23.1 Å². The van der Waals surface area contributed by atoms with E-state index in [2.05, 4.69) is 5.32 Å². The van der Waals surface area contributed by atoms with E-state index in [1.165, 1.54) is 0 Å². The van der Waals surface area contributed by atoms with E-state index in [-0.39, 0.29) is 5.78 Å². The van der Waals surface area contributed by atoms with Crippen LogP contribution in [0.4, 0.5) is 0 Å². The third kappa shape index (κ3) is 3.24. The van der Waals surface area contributed by atoms with Gasteiger partial charge >= 0.3 is 0 Å². The number of benzene rings is 2. The van der Waals surface area contributed by atoms with Gasteiger partial charge in [-0.1, -0.05) is 11.6 Å². The summed E-state index contributed by atoms with van der Waals surface area (Å²) in [6.45, 7) is 0.766. The molecule has 0 saturated heterocycles. The number of fused-ring (bicyclic) bond motifs is 1. The molecule has 0 radical (unpaired) electrons. The average molecular weight is 344 g/mol. The van der Waals surface area contributed by atoms with Crippen LogP contribution in [0.15, 0.2) is 42.5 Å². The van der Waals surface area contributed by atoms with Crippen molar-refractivity contribution in [1.82, 2.24) is 5.32 Å². The number of hydrogen-bond donors (Lipinski definition) is 1. The lowest BCUT2D eigenvalue weighted by molar-refractivity contribution is 0.104. The van der Waals surface area contributed by atoms with Crippen LogP contribution >= 0.6 is 11.6 Å². The lowest BCUT2D eigenvalue weighted by atomic mass is 9.95. The Kier molecular flexibility index (Phi) is 4.76. The number of hydrogen-bond acceptors (Lipinski definition) is 4.